The van der Waals surface area contributed by atoms with Crippen molar-refractivity contribution in [3.63, 3.8) is 0 Å². The number of ketones is 1. The maximum absolute atomic E-state index is 12.1. The van der Waals surface area contributed by atoms with E-state index < -0.39 is 11.7 Å². The van der Waals surface area contributed by atoms with Crippen LogP contribution in [0.25, 0.3) is 0 Å². The van der Waals surface area contributed by atoms with Gasteiger partial charge in [0.05, 0.1) is 12.3 Å². The first-order valence-electron chi connectivity index (χ1n) is 7.94. The van der Waals surface area contributed by atoms with Crippen LogP contribution in [0.5, 0.6) is 0 Å². The van der Waals surface area contributed by atoms with Crippen molar-refractivity contribution < 1.29 is 18.8 Å². The molecule has 1 aromatic heterocycles. The van der Waals surface area contributed by atoms with Gasteiger partial charge in [0.2, 0.25) is 5.91 Å². The van der Waals surface area contributed by atoms with Gasteiger partial charge in [-0.1, -0.05) is 23.7 Å². The lowest BCUT2D eigenvalue weighted by Crippen LogP contribution is -2.41. The Bertz CT molecular complexity index is 788. The Balaban J connectivity index is 1.52. The van der Waals surface area contributed by atoms with E-state index in [4.69, 9.17) is 16.0 Å². The second-order valence-electron chi connectivity index (χ2n) is 5.90. The summed E-state index contributed by atoms with van der Waals surface area (Å²) >= 11 is 5.95. The third kappa shape index (κ3) is 4.28. The van der Waals surface area contributed by atoms with Crippen molar-refractivity contribution >= 4 is 29.2 Å². The third-order valence-electron chi connectivity index (χ3n) is 4.06. The van der Waals surface area contributed by atoms with Crippen LogP contribution in [-0.4, -0.2) is 41.6 Å². The second kappa shape index (κ2) is 7.53. The van der Waals surface area contributed by atoms with E-state index in [0.29, 0.717) is 24.5 Å². The van der Waals surface area contributed by atoms with E-state index in [-0.39, 0.29) is 24.1 Å². The molecule has 1 aromatic carbocycles. The van der Waals surface area contributed by atoms with Crippen LogP contribution in [0, 0.1) is 0 Å². The first kappa shape index (κ1) is 17.2. The molecule has 1 N–H and O–H groups in total. The average molecular weight is 361 g/mol. The summed E-state index contributed by atoms with van der Waals surface area (Å²) < 4.78 is 4.92. The highest BCUT2D eigenvalue weighted by atomic mass is 35.5. The molecule has 0 radical (unpaired) electrons. The van der Waals surface area contributed by atoms with Crippen LogP contribution >= 0.6 is 11.6 Å². The number of hydrogen-bond donors (Lipinski definition) is 1. The van der Waals surface area contributed by atoms with Crippen LogP contribution in [0.15, 0.2) is 47.1 Å². The van der Waals surface area contributed by atoms with Gasteiger partial charge in [0, 0.05) is 24.5 Å². The minimum atomic E-state index is -0.760. The maximum Gasteiger partial charge on any atom is 0.296 e. The molecule has 0 unspecified atom stereocenters. The number of nitrogens with one attached hydrogen (secondary N) is 1. The number of amides is 2. The zero-order chi connectivity index (χ0) is 17.8. The predicted molar refractivity (Wildman–Crippen MR) is 91.3 cm³/mol. The Labute approximate surface area is 149 Å². The van der Waals surface area contributed by atoms with Gasteiger partial charge in [-0.25, -0.2) is 0 Å². The third-order valence-corrected chi connectivity index (χ3v) is 4.30. The molecule has 2 heterocycles. The van der Waals surface area contributed by atoms with Crippen LogP contribution < -0.4 is 5.32 Å². The molecule has 0 spiro atoms. The lowest BCUT2D eigenvalue weighted by atomic mass is 10.1. The summed E-state index contributed by atoms with van der Waals surface area (Å²) in [6, 6.07) is 10.1. The van der Waals surface area contributed by atoms with Crippen molar-refractivity contribution in [2.24, 2.45) is 0 Å². The van der Waals surface area contributed by atoms with E-state index in [1.807, 2.05) is 18.2 Å². The topological polar surface area (TPSA) is 79.6 Å². The average Bonchev–Trinajstić information content (AvgIpc) is 3.22. The number of carbonyl (C=O) groups is 3. The van der Waals surface area contributed by atoms with E-state index in [0.717, 1.165) is 5.56 Å². The number of halogens is 1. The quantitative estimate of drug-likeness (QED) is 0.631. The van der Waals surface area contributed by atoms with Crippen LogP contribution in [-0.2, 0) is 16.0 Å². The van der Waals surface area contributed by atoms with Gasteiger partial charge in [-0.05, 0) is 36.2 Å². The number of furan rings is 1. The number of Topliss-reactive ketones (excluding diaryl/α,β-unsaturated/α-hetero) is 1. The first-order chi connectivity index (χ1) is 12.0. The van der Waals surface area contributed by atoms with E-state index >= 15 is 0 Å². The lowest BCUT2D eigenvalue weighted by molar-refractivity contribution is -0.127. The number of likely N-dealkylation sites (tertiary alicyclic amines) is 1. The standard InChI is InChI=1S/C18H17ClN2O4/c19-13-4-1-3-12(9-13)6-7-21-11-14(10-16(21)22)20-18(24)17(23)15-5-2-8-25-15/h1-5,8-9,14H,6-7,10-11H2,(H,20,24)/t14-/m0/s1. The molecular formula is C18H17ClN2O4. The molecule has 6 nitrogen and oxygen atoms in total. The molecule has 25 heavy (non-hydrogen) atoms. The van der Waals surface area contributed by atoms with E-state index in [9.17, 15) is 14.4 Å². The van der Waals surface area contributed by atoms with Crippen molar-refractivity contribution in [3.05, 3.63) is 59.0 Å². The van der Waals surface area contributed by atoms with Crippen molar-refractivity contribution in [3.8, 4) is 0 Å². The van der Waals surface area contributed by atoms with Gasteiger partial charge in [-0.15, -0.1) is 0 Å². The summed E-state index contributed by atoms with van der Waals surface area (Å²) in [5, 5.41) is 3.26. The zero-order valence-corrected chi connectivity index (χ0v) is 14.2. The van der Waals surface area contributed by atoms with Crippen molar-refractivity contribution in [1.82, 2.24) is 10.2 Å². The van der Waals surface area contributed by atoms with Crippen LogP contribution in [0.4, 0.5) is 0 Å². The Morgan fingerprint density at radius 1 is 1.28 bits per heavy atom. The van der Waals surface area contributed by atoms with E-state index in [1.165, 1.54) is 18.4 Å². The van der Waals surface area contributed by atoms with Crippen molar-refractivity contribution in [2.45, 2.75) is 18.9 Å². The van der Waals surface area contributed by atoms with Crippen molar-refractivity contribution in [1.29, 1.82) is 0 Å². The molecule has 130 valence electrons. The molecule has 2 amide bonds. The van der Waals surface area contributed by atoms with Gasteiger partial charge in [-0.2, -0.15) is 0 Å². The van der Waals surface area contributed by atoms with E-state index in [2.05, 4.69) is 5.32 Å². The van der Waals surface area contributed by atoms with Gasteiger partial charge in [0.25, 0.3) is 11.7 Å². The summed E-state index contributed by atoms with van der Waals surface area (Å²) in [5.74, 6) is -1.56. The molecule has 1 aliphatic rings. The lowest BCUT2D eigenvalue weighted by Gasteiger charge is -2.17. The maximum atomic E-state index is 12.1. The highest BCUT2D eigenvalue weighted by molar-refractivity contribution is 6.42. The number of benzene rings is 1. The summed E-state index contributed by atoms with van der Waals surface area (Å²) in [5.41, 5.74) is 1.04. The predicted octanol–water partition coefficient (Wildman–Crippen LogP) is 2.08. The van der Waals surface area contributed by atoms with Gasteiger partial charge in [0.1, 0.15) is 0 Å². The number of rotatable bonds is 6. The minimum absolute atomic E-state index is 0.0142. The minimum Gasteiger partial charge on any atom is -0.461 e. The SMILES string of the molecule is O=C(N[C@H]1CC(=O)N(CCc2cccc(Cl)c2)C1)C(=O)c1ccco1. The molecule has 3 rings (SSSR count). The molecule has 2 aromatic rings. The number of nitrogens with zero attached hydrogens (tertiary/aromatic N) is 1. The molecule has 1 atom stereocenters. The van der Waals surface area contributed by atoms with Crippen molar-refractivity contribution in [2.75, 3.05) is 13.1 Å². The number of hydrogen-bond acceptors (Lipinski definition) is 4. The van der Waals surface area contributed by atoms with Gasteiger partial charge >= 0.3 is 0 Å². The van der Waals surface area contributed by atoms with Gasteiger partial charge in [-0.3, -0.25) is 14.4 Å². The molecule has 0 saturated carbocycles. The molecule has 1 fully saturated rings. The number of carbonyl (C=O) groups excluding carboxylic acids is 3. The highest BCUT2D eigenvalue weighted by Crippen LogP contribution is 2.15. The summed E-state index contributed by atoms with van der Waals surface area (Å²) in [7, 11) is 0. The monoisotopic (exact) mass is 360 g/mol. The molecule has 0 bridgehead atoms. The fourth-order valence-corrected chi connectivity index (χ4v) is 3.02. The molecular weight excluding hydrogens is 344 g/mol. The molecule has 1 aliphatic heterocycles. The van der Waals surface area contributed by atoms with Gasteiger partial charge < -0.3 is 14.6 Å². The summed E-state index contributed by atoms with van der Waals surface area (Å²) in [6.45, 7) is 0.925. The smallest absolute Gasteiger partial charge is 0.296 e. The first-order valence-corrected chi connectivity index (χ1v) is 8.31. The van der Waals surface area contributed by atoms with E-state index in [1.54, 1.807) is 11.0 Å². The molecule has 7 heteroatoms. The second-order valence-corrected chi connectivity index (χ2v) is 6.34. The summed E-state index contributed by atoms with van der Waals surface area (Å²) in [4.78, 5) is 37.6. The Kier molecular flexibility index (Phi) is 5.19. The zero-order valence-electron chi connectivity index (χ0n) is 13.4. The molecule has 1 saturated heterocycles. The Morgan fingerprint density at radius 3 is 2.84 bits per heavy atom. The normalized spacial score (nSPS) is 16.9. The fourth-order valence-electron chi connectivity index (χ4n) is 2.81. The van der Waals surface area contributed by atoms with Gasteiger partial charge in [0.15, 0.2) is 5.76 Å². The van der Waals surface area contributed by atoms with Crippen LogP contribution in [0.3, 0.4) is 0 Å². The van der Waals surface area contributed by atoms with Crippen LogP contribution in [0.1, 0.15) is 22.5 Å². The molecule has 0 aliphatic carbocycles. The highest BCUT2D eigenvalue weighted by Gasteiger charge is 2.32. The largest absolute Gasteiger partial charge is 0.461 e. The Hall–Kier alpha value is -2.60. The Morgan fingerprint density at radius 2 is 2.12 bits per heavy atom. The fraction of sp³-hybridized carbons (Fsp3) is 0.278. The van der Waals surface area contributed by atoms with Crippen LogP contribution in [0.2, 0.25) is 5.02 Å². The summed E-state index contributed by atoms with van der Waals surface area (Å²) in [6.07, 6.45) is 2.20.